The predicted molar refractivity (Wildman–Crippen MR) is 83.1 cm³/mol. The summed E-state index contributed by atoms with van der Waals surface area (Å²) in [5.74, 6) is 0. The fourth-order valence-electron chi connectivity index (χ4n) is 3.65. The van der Waals surface area contributed by atoms with Crippen molar-refractivity contribution < 1.29 is 4.74 Å². The van der Waals surface area contributed by atoms with Crippen LogP contribution in [-0.2, 0) is 11.3 Å². The first kappa shape index (κ1) is 13.9. The molecule has 1 aromatic rings. The fraction of sp³-hybridized carbons (Fsp3) is 0.647. The monoisotopic (exact) mass is 274 g/mol. The molecule has 0 spiro atoms. The van der Waals surface area contributed by atoms with Crippen molar-refractivity contribution >= 4 is 5.69 Å². The average Bonchev–Trinajstić information content (AvgIpc) is 2.67. The first-order valence-corrected chi connectivity index (χ1v) is 7.88. The zero-order valence-corrected chi connectivity index (χ0v) is 12.6. The van der Waals surface area contributed by atoms with Gasteiger partial charge in [-0.3, -0.25) is 0 Å². The predicted octanol–water partition coefficient (Wildman–Crippen LogP) is 2.94. The van der Waals surface area contributed by atoms with Gasteiger partial charge in [-0.05, 0) is 44.2 Å². The molecule has 1 N–H and O–H groups in total. The summed E-state index contributed by atoms with van der Waals surface area (Å²) in [7, 11) is 1.85. The van der Waals surface area contributed by atoms with Crippen LogP contribution >= 0.6 is 0 Å². The van der Waals surface area contributed by atoms with Crippen LogP contribution in [0.25, 0.3) is 0 Å². The van der Waals surface area contributed by atoms with Gasteiger partial charge in [0, 0.05) is 38.0 Å². The highest BCUT2D eigenvalue weighted by molar-refractivity contribution is 5.55. The van der Waals surface area contributed by atoms with Gasteiger partial charge in [0.05, 0.1) is 6.10 Å². The maximum atomic E-state index is 5.62. The Morgan fingerprint density at radius 3 is 2.95 bits per heavy atom. The van der Waals surface area contributed by atoms with Gasteiger partial charge in [-0.15, -0.1) is 0 Å². The van der Waals surface area contributed by atoms with E-state index < -0.39 is 0 Å². The van der Waals surface area contributed by atoms with Gasteiger partial charge in [-0.25, -0.2) is 0 Å². The molecule has 0 amide bonds. The van der Waals surface area contributed by atoms with Gasteiger partial charge in [-0.2, -0.15) is 0 Å². The number of hydrogen-bond acceptors (Lipinski definition) is 3. The Bertz CT molecular complexity index is 448. The van der Waals surface area contributed by atoms with E-state index in [9.17, 15) is 0 Å². The van der Waals surface area contributed by atoms with Crippen LogP contribution < -0.4 is 10.2 Å². The van der Waals surface area contributed by atoms with Crippen LogP contribution in [0.1, 0.15) is 38.2 Å². The van der Waals surface area contributed by atoms with Crippen LogP contribution in [0, 0.1) is 0 Å². The number of hydrogen-bond donors (Lipinski definition) is 1. The number of nitrogens with one attached hydrogen (secondary N) is 1. The van der Waals surface area contributed by atoms with Crippen LogP contribution in [0.4, 0.5) is 5.69 Å². The lowest BCUT2D eigenvalue weighted by atomic mass is 9.91. The first-order chi connectivity index (χ1) is 9.78. The minimum Gasteiger partial charge on any atom is -0.381 e. The van der Waals surface area contributed by atoms with Gasteiger partial charge >= 0.3 is 0 Å². The SMILES string of the molecule is COC1CCCC(N2CC(C)NCc3ccccc32)C1. The molecule has 110 valence electrons. The standard InChI is InChI=1S/C17H26N2O/c1-13-12-19(15-7-5-8-16(10-15)20-2)17-9-4-3-6-14(17)11-18-13/h3-4,6,9,13,15-16,18H,5,7-8,10-12H2,1-2H3. The maximum Gasteiger partial charge on any atom is 0.0591 e. The number of nitrogens with zero attached hydrogens (tertiary/aromatic N) is 1. The van der Waals surface area contributed by atoms with E-state index in [4.69, 9.17) is 4.74 Å². The second-order valence-electron chi connectivity index (χ2n) is 6.24. The lowest BCUT2D eigenvalue weighted by molar-refractivity contribution is 0.0629. The number of benzene rings is 1. The summed E-state index contributed by atoms with van der Waals surface area (Å²) in [5.41, 5.74) is 2.85. The normalized spacial score (nSPS) is 30.7. The number of methoxy groups -OCH3 is 1. The molecular formula is C17H26N2O. The third kappa shape index (κ3) is 2.84. The quantitative estimate of drug-likeness (QED) is 0.897. The van der Waals surface area contributed by atoms with E-state index >= 15 is 0 Å². The van der Waals surface area contributed by atoms with Crippen molar-refractivity contribution in [2.75, 3.05) is 18.6 Å². The van der Waals surface area contributed by atoms with Gasteiger partial charge < -0.3 is 15.0 Å². The molecule has 0 saturated heterocycles. The molecule has 1 aromatic carbocycles. The molecule has 1 aliphatic heterocycles. The Balaban J connectivity index is 1.86. The van der Waals surface area contributed by atoms with Crippen molar-refractivity contribution in [2.45, 2.75) is 57.3 Å². The number of para-hydroxylation sites is 1. The van der Waals surface area contributed by atoms with Crippen LogP contribution in [0.15, 0.2) is 24.3 Å². The molecule has 3 atom stereocenters. The number of anilines is 1. The van der Waals surface area contributed by atoms with Crippen molar-refractivity contribution in [2.24, 2.45) is 0 Å². The molecule has 20 heavy (non-hydrogen) atoms. The van der Waals surface area contributed by atoms with Crippen LogP contribution in [-0.4, -0.2) is 31.8 Å². The lowest BCUT2D eigenvalue weighted by Gasteiger charge is -2.39. The molecule has 0 bridgehead atoms. The fourth-order valence-corrected chi connectivity index (χ4v) is 3.65. The highest BCUT2D eigenvalue weighted by atomic mass is 16.5. The van der Waals surface area contributed by atoms with Crippen LogP contribution in [0.2, 0.25) is 0 Å². The minimum absolute atomic E-state index is 0.437. The largest absolute Gasteiger partial charge is 0.381 e. The highest BCUT2D eigenvalue weighted by Crippen LogP contribution is 2.32. The van der Waals surface area contributed by atoms with E-state index in [0.717, 1.165) is 19.5 Å². The summed E-state index contributed by atoms with van der Waals surface area (Å²) in [5, 5.41) is 3.62. The van der Waals surface area contributed by atoms with E-state index in [1.54, 1.807) is 0 Å². The third-order valence-corrected chi connectivity index (χ3v) is 4.79. The maximum absolute atomic E-state index is 5.62. The molecular weight excluding hydrogens is 248 g/mol. The molecule has 1 saturated carbocycles. The van der Waals surface area contributed by atoms with Crippen molar-refractivity contribution in [1.29, 1.82) is 0 Å². The van der Waals surface area contributed by atoms with Gasteiger partial charge in [0.25, 0.3) is 0 Å². The van der Waals surface area contributed by atoms with Gasteiger partial charge in [0.1, 0.15) is 0 Å². The smallest absolute Gasteiger partial charge is 0.0591 e. The summed E-state index contributed by atoms with van der Waals surface area (Å²) < 4.78 is 5.62. The van der Waals surface area contributed by atoms with Crippen molar-refractivity contribution in [3.8, 4) is 0 Å². The Labute approximate surface area is 122 Å². The Kier molecular flexibility index (Phi) is 4.27. The molecule has 3 heteroatoms. The minimum atomic E-state index is 0.437. The summed E-state index contributed by atoms with van der Waals surface area (Å²) in [6, 6.07) is 10.0. The molecule has 2 aliphatic rings. The lowest BCUT2D eigenvalue weighted by Crippen LogP contribution is -2.45. The Morgan fingerprint density at radius 1 is 1.25 bits per heavy atom. The first-order valence-electron chi connectivity index (χ1n) is 7.88. The molecule has 0 aromatic heterocycles. The Hall–Kier alpha value is -1.06. The van der Waals surface area contributed by atoms with Crippen molar-refractivity contribution in [1.82, 2.24) is 5.32 Å². The second kappa shape index (κ2) is 6.15. The summed E-state index contributed by atoms with van der Waals surface area (Å²) in [6.45, 7) is 4.36. The zero-order valence-electron chi connectivity index (χ0n) is 12.6. The summed E-state index contributed by atoms with van der Waals surface area (Å²) >= 11 is 0. The van der Waals surface area contributed by atoms with Gasteiger partial charge in [-0.1, -0.05) is 18.2 Å². The third-order valence-electron chi connectivity index (χ3n) is 4.79. The van der Waals surface area contributed by atoms with Crippen molar-refractivity contribution in [3.63, 3.8) is 0 Å². The van der Waals surface area contributed by atoms with Gasteiger partial charge in [0.15, 0.2) is 0 Å². The number of fused-ring (bicyclic) bond motifs is 1. The van der Waals surface area contributed by atoms with Gasteiger partial charge in [0.2, 0.25) is 0 Å². The molecule has 3 unspecified atom stereocenters. The van der Waals surface area contributed by atoms with E-state index in [1.807, 2.05) is 7.11 Å². The second-order valence-corrected chi connectivity index (χ2v) is 6.24. The van der Waals surface area contributed by atoms with E-state index in [2.05, 4.69) is 41.4 Å². The average molecular weight is 274 g/mol. The van der Waals surface area contributed by atoms with E-state index in [1.165, 1.54) is 30.5 Å². The highest BCUT2D eigenvalue weighted by Gasteiger charge is 2.30. The van der Waals surface area contributed by atoms with E-state index in [-0.39, 0.29) is 0 Å². The van der Waals surface area contributed by atoms with Crippen molar-refractivity contribution in [3.05, 3.63) is 29.8 Å². The molecule has 1 aliphatic carbocycles. The zero-order chi connectivity index (χ0) is 13.9. The molecule has 0 radical (unpaired) electrons. The molecule has 3 rings (SSSR count). The topological polar surface area (TPSA) is 24.5 Å². The summed E-state index contributed by atoms with van der Waals surface area (Å²) in [6.07, 6.45) is 5.39. The summed E-state index contributed by atoms with van der Waals surface area (Å²) in [4.78, 5) is 2.63. The molecule has 1 heterocycles. The van der Waals surface area contributed by atoms with Crippen LogP contribution in [0.3, 0.4) is 0 Å². The number of rotatable bonds is 2. The molecule has 3 nitrogen and oxygen atoms in total. The van der Waals surface area contributed by atoms with Crippen LogP contribution in [0.5, 0.6) is 0 Å². The number of ether oxygens (including phenoxy) is 1. The Morgan fingerprint density at radius 2 is 2.10 bits per heavy atom. The molecule has 1 fully saturated rings. The van der Waals surface area contributed by atoms with E-state index in [0.29, 0.717) is 18.2 Å².